The minimum Gasteiger partial charge on any atom is -0.465 e. The van der Waals surface area contributed by atoms with E-state index in [4.69, 9.17) is 4.74 Å². The molecule has 0 amide bonds. The van der Waals surface area contributed by atoms with Crippen LogP contribution in [0.15, 0.2) is 18.3 Å². The predicted octanol–water partition coefficient (Wildman–Crippen LogP) is 2.76. The maximum absolute atomic E-state index is 11.9. The molecule has 1 N–H and O–H groups in total. The third-order valence-electron chi connectivity index (χ3n) is 5.06. The third-order valence-corrected chi connectivity index (χ3v) is 5.06. The first-order valence-corrected chi connectivity index (χ1v) is 8.82. The number of nitrogens with zero attached hydrogens (tertiary/aromatic N) is 2. The van der Waals surface area contributed by atoms with Gasteiger partial charge in [-0.3, -0.25) is 0 Å². The lowest BCUT2D eigenvalue weighted by Crippen LogP contribution is -2.47. The zero-order valence-electron chi connectivity index (χ0n) is 14.0. The van der Waals surface area contributed by atoms with E-state index in [0.717, 1.165) is 31.7 Å². The van der Waals surface area contributed by atoms with Gasteiger partial charge < -0.3 is 15.0 Å². The summed E-state index contributed by atoms with van der Waals surface area (Å²) in [4.78, 5) is 18.5. The van der Waals surface area contributed by atoms with Crippen molar-refractivity contribution in [3.05, 3.63) is 23.9 Å². The molecular formula is C18H27N3O2. The van der Waals surface area contributed by atoms with Crippen LogP contribution in [-0.4, -0.2) is 43.2 Å². The third kappa shape index (κ3) is 4.02. The number of hydrogen-bond donors (Lipinski definition) is 1. The number of rotatable bonds is 4. The molecule has 126 valence electrons. The number of carbonyl (C=O) groups is 1. The van der Waals surface area contributed by atoms with Gasteiger partial charge in [0.2, 0.25) is 0 Å². The molecule has 0 radical (unpaired) electrons. The molecule has 0 unspecified atom stereocenters. The van der Waals surface area contributed by atoms with Gasteiger partial charge >= 0.3 is 5.97 Å². The normalized spacial score (nSPS) is 20.5. The van der Waals surface area contributed by atoms with Gasteiger partial charge in [-0.05, 0) is 37.8 Å². The van der Waals surface area contributed by atoms with Crippen LogP contribution in [0.4, 0.5) is 5.82 Å². The highest BCUT2D eigenvalue weighted by Crippen LogP contribution is 2.24. The molecule has 0 bridgehead atoms. The van der Waals surface area contributed by atoms with Crippen molar-refractivity contribution in [2.24, 2.45) is 0 Å². The maximum Gasteiger partial charge on any atom is 0.341 e. The molecule has 0 aromatic carbocycles. The average Bonchev–Trinajstić information content (AvgIpc) is 2.62. The highest BCUT2D eigenvalue weighted by atomic mass is 16.5. The van der Waals surface area contributed by atoms with Gasteiger partial charge in [0.05, 0.1) is 7.11 Å². The monoisotopic (exact) mass is 317 g/mol. The molecule has 1 saturated heterocycles. The van der Waals surface area contributed by atoms with E-state index in [1.807, 2.05) is 0 Å². The number of hydrogen-bond acceptors (Lipinski definition) is 5. The summed E-state index contributed by atoms with van der Waals surface area (Å²) in [7, 11) is 1.42. The summed E-state index contributed by atoms with van der Waals surface area (Å²) in [5.74, 6) is 0.450. The first-order chi connectivity index (χ1) is 11.3. The number of nitrogens with one attached hydrogen (secondary N) is 1. The van der Waals surface area contributed by atoms with Crippen LogP contribution in [0.5, 0.6) is 0 Å². The van der Waals surface area contributed by atoms with E-state index < -0.39 is 0 Å². The van der Waals surface area contributed by atoms with Crippen LogP contribution in [-0.2, 0) is 4.74 Å². The molecular weight excluding hydrogens is 290 g/mol. The van der Waals surface area contributed by atoms with Crippen molar-refractivity contribution >= 4 is 11.8 Å². The van der Waals surface area contributed by atoms with E-state index in [1.165, 1.54) is 39.2 Å². The summed E-state index contributed by atoms with van der Waals surface area (Å²) in [6.07, 6.45) is 10.7. The Morgan fingerprint density at radius 2 is 1.87 bits per heavy atom. The largest absolute Gasteiger partial charge is 0.465 e. The number of aromatic nitrogens is 1. The molecule has 1 saturated carbocycles. The standard InChI is InChI=1S/C18H27N3O2/c1-23-18(22)16-8-5-11-19-17(16)21-12-9-15(10-13-21)20-14-6-3-2-4-7-14/h5,8,11,14-15,20H,2-4,6-7,9-10,12-13H2,1H3. The number of carbonyl (C=O) groups excluding carboxylic acids is 1. The number of piperidine rings is 1. The fraction of sp³-hybridized carbons (Fsp3) is 0.667. The lowest BCUT2D eigenvalue weighted by Gasteiger charge is -2.36. The van der Waals surface area contributed by atoms with Crippen molar-refractivity contribution in [1.82, 2.24) is 10.3 Å². The fourth-order valence-corrected chi connectivity index (χ4v) is 3.78. The second kappa shape index (κ2) is 7.77. The summed E-state index contributed by atoms with van der Waals surface area (Å²) in [5, 5.41) is 3.84. The molecule has 3 rings (SSSR count). The number of ether oxygens (including phenoxy) is 1. The number of methoxy groups -OCH3 is 1. The van der Waals surface area contributed by atoms with Gasteiger partial charge in [-0.1, -0.05) is 19.3 Å². The topological polar surface area (TPSA) is 54.5 Å². The number of esters is 1. The first kappa shape index (κ1) is 16.2. The van der Waals surface area contributed by atoms with Crippen molar-refractivity contribution in [2.75, 3.05) is 25.1 Å². The van der Waals surface area contributed by atoms with Crippen molar-refractivity contribution in [3.63, 3.8) is 0 Å². The molecule has 1 aliphatic heterocycles. The minimum absolute atomic E-state index is 0.310. The van der Waals surface area contributed by atoms with E-state index >= 15 is 0 Å². The predicted molar refractivity (Wildman–Crippen MR) is 90.8 cm³/mol. The quantitative estimate of drug-likeness (QED) is 0.866. The van der Waals surface area contributed by atoms with Gasteiger partial charge in [0.1, 0.15) is 11.4 Å². The van der Waals surface area contributed by atoms with Gasteiger partial charge in [-0.2, -0.15) is 0 Å². The Hall–Kier alpha value is -1.62. The van der Waals surface area contributed by atoms with Crippen molar-refractivity contribution in [2.45, 2.75) is 57.0 Å². The van der Waals surface area contributed by atoms with Crippen molar-refractivity contribution in [3.8, 4) is 0 Å². The molecule has 0 spiro atoms. The van der Waals surface area contributed by atoms with Gasteiger partial charge in [0, 0.05) is 31.4 Å². The van der Waals surface area contributed by atoms with Gasteiger partial charge in [-0.15, -0.1) is 0 Å². The maximum atomic E-state index is 11.9. The van der Waals surface area contributed by atoms with Crippen LogP contribution < -0.4 is 10.2 Å². The van der Waals surface area contributed by atoms with Crippen LogP contribution in [0, 0.1) is 0 Å². The highest BCUT2D eigenvalue weighted by Gasteiger charge is 2.25. The summed E-state index contributed by atoms with van der Waals surface area (Å²) in [6.45, 7) is 1.87. The Labute approximate surface area is 138 Å². The van der Waals surface area contributed by atoms with Crippen molar-refractivity contribution in [1.29, 1.82) is 0 Å². The van der Waals surface area contributed by atoms with Gasteiger partial charge in [-0.25, -0.2) is 9.78 Å². The molecule has 1 aliphatic carbocycles. The molecule has 2 fully saturated rings. The Morgan fingerprint density at radius 1 is 1.17 bits per heavy atom. The Morgan fingerprint density at radius 3 is 2.57 bits per heavy atom. The minimum atomic E-state index is -0.310. The highest BCUT2D eigenvalue weighted by molar-refractivity contribution is 5.94. The van der Waals surface area contributed by atoms with E-state index in [2.05, 4.69) is 15.2 Å². The lowest BCUT2D eigenvalue weighted by molar-refractivity contribution is 0.0601. The lowest BCUT2D eigenvalue weighted by atomic mass is 9.93. The summed E-state index contributed by atoms with van der Waals surface area (Å²) in [6, 6.07) is 4.88. The molecule has 1 aromatic heterocycles. The number of pyridine rings is 1. The van der Waals surface area contributed by atoms with E-state index in [-0.39, 0.29) is 5.97 Å². The van der Waals surface area contributed by atoms with Crippen LogP contribution in [0.25, 0.3) is 0 Å². The molecule has 5 heteroatoms. The van der Waals surface area contributed by atoms with E-state index in [1.54, 1.807) is 18.3 Å². The summed E-state index contributed by atoms with van der Waals surface area (Å²) in [5.41, 5.74) is 0.564. The molecule has 23 heavy (non-hydrogen) atoms. The Kier molecular flexibility index (Phi) is 5.49. The number of anilines is 1. The summed E-state index contributed by atoms with van der Waals surface area (Å²) < 4.78 is 4.87. The zero-order chi connectivity index (χ0) is 16.1. The van der Waals surface area contributed by atoms with Crippen LogP contribution in [0.3, 0.4) is 0 Å². The Balaban J connectivity index is 1.57. The SMILES string of the molecule is COC(=O)c1cccnc1N1CCC(NC2CCCCC2)CC1. The van der Waals surface area contributed by atoms with Gasteiger partial charge in [0.15, 0.2) is 0 Å². The van der Waals surface area contributed by atoms with Crippen LogP contribution >= 0.6 is 0 Å². The second-order valence-electron chi connectivity index (χ2n) is 6.63. The van der Waals surface area contributed by atoms with E-state index in [9.17, 15) is 4.79 Å². The van der Waals surface area contributed by atoms with Crippen LogP contribution in [0.1, 0.15) is 55.3 Å². The summed E-state index contributed by atoms with van der Waals surface area (Å²) >= 11 is 0. The van der Waals surface area contributed by atoms with Crippen LogP contribution in [0.2, 0.25) is 0 Å². The molecule has 0 atom stereocenters. The van der Waals surface area contributed by atoms with Crippen molar-refractivity contribution < 1.29 is 9.53 Å². The average molecular weight is 317 g/mol. The molecule has 5 nitrogen and oxygen atoms in total. The van der Waals surface area contributed by atoms with Gasteiger partial charge in [0.25, 0.3) is 0 Å². The smallest absolute Gasteiger partial charge is 0.341 e. The molecule has 2 aliphatic rings. The first-order valence-electron chi connectivity index (χ1n) is 8.82. The Bertz CT molecular complexity index is 521. The molecule has 2 heterocycles. The fourth-order valence-electron chi connectivity index (χ4n) is 3.78. The second-order valence-corrected chi connectivity index (χ2v) is 6.63. The zero-order valence-corrected chi connectivity index (χ0v) is 14.0. The van der Waals surface area contributed by atoms with E-state index in [0.29, 0.717) is 17.6 Å². The molecule has 1 aromatic rings.